The highest BCUT2D eigenvalue weighted by molar-refractivity contribution is 6.63. The average Bonchev–Trinajstić information content (AvgIpc) is 2.60. The third kappa shape index (κ3) is 3.03. The molecular weight excluding hydrogens is 267 g/mol. The maximum absolute atomic E-state index is 10.0. The van der Waals surface area contributed by atoms with E-state index >= 15 is 0 Å². The second-order valence-electron chi connectivity index (χ2n) is 7.64. The van der Waals surface area contributed by atoms with E-state index in [9.17, 15) is 5.11 Å². The Kier molecular flexibility index (Phi) is 3.80. The molecule has 0 unspecified atom stereocenters. The van der Waals surface area contributed by atoms with E-state index in [0.717, 1.165) is 16.9 Å². The van der Waals surface area contributed by atoms with E-state index in [4.69, 9.17) is 9.31 Å². The first-order chi connectivity index (χ1) is 9.34. The van der Waals surface area contributed by atoms with Crippen molar-refractivity contribution in [2.75, 3.05) is 0 Å². The highest BCUT2D eigenvalue weighted by Gasteiger charge is 2.53. The van der Waals surface area contributed by atoms with E-state index in [1.807, 2.05) is 46.2 Å². The van der Waals surface area contributed by atoms with Crippen LogP contribution in [0, 0.1) is 13.8 Å². The molecule has 2 rings (SSSR count). The Bertz CT molecular complexity index is 528. The third-order valence-electron chi connectivity index (χ3n) is 4.46. The molecule has 0 spiro atoms. The molecule has 0 aromatic carbocycles. The molecule has 2 heterocycles. The molecule has 0 amide bonds. The zero-order chi connectivity index (χ0) is 16.2. The zero-order valence-corrected chi connectivity index (χ0v) is 14.4. The van der Waals surface area contributed by atoms with Crippen molar-refractivity contribution >= 4 is 12.6 Å². The highest BCUT2D eigenvalue weighted by Crippen LogP contribution is 2.36. The van der Waals surface area contributed by atoms with Gasteiger partial charge in [-0.2, -0.15) is 5.10 Å². The van der Waals surface area contributed by atoms with Gasteiger partial charge in [-0.1, -0.05) is 0 Å². The van der Waals surface area contributed by atoms with Crippen LogP contribution in [0.25, 0.3) is 0 Å². The number of nitrogens with zero attached hydrogens (tertiary/aromatic N) is 2. The lowest BCUT2D eigenvalue weighted by Gasteiger charge is -2.32. The first kappa shape index (κ1) is 16.5. The molecule has 118 valence electrons. The lowest BCUT2D eigenvalue weighted by atomic mass is 9.77. The van der Waals surface area contributed by atoms with E-state index in [1.54, 1.807) is 13.8 Å². The van der Waals surface area contributed by atoms with Gasteiger partial charge in [0.15, 0.2) is 0 Å². The van der Waals surface area contributed by atoms with Gasteiger partial charge in [0.25, 0.3) is 0 Å². The summed E-state index contributed by atoms with van der Waals surface area (Å²) < 4.78 is 14.1. The van der Waals surface area contributed by atoms with Crippen LogP contribution in [0.4, 0.5) is 0 Å². The molecule has 21 heavy (non-hydrogen) atoms. The molecule has 5 nitrogen and oxygen atoms in total. The number of rotatable bonds is 3. The SMILES string of the molecule is Cc1nn(CC(C)(C)O)c(C)c1B1OC(C)(C)C(C)(C)O1. The molecule has 1 saturated heterocycles. The lowest BCUT2D eigenvalue weighted by molar-refractivity contribution is 0.00578. The van der Waals surface area contributed by atoms with Crippen LogP contribution in [0.1, 0.15) is 52.9 Å². The van der Waals surface area contributed by atoms with Crippen molar-refractivity contribution in [3.63, 3.8) is 0 Å². The minimum atomic E-state index is -0.809. The molecule has 0 atom stereocenters. The molecule has 6 heteroatoms. The van der Waals surface area contributed by atoms with E-state index < -0.39 is 12.7 Å². The van der Waals surface area contributed by atoms with E-state index in [-0.39, 0.29) is 11.2 Å². The molecule has 1 fully saturated rings. The summed E-state index contributed by atoms with van der Waals surface area (Å²) in [5.41, 5.74) is 1.29. The van der Waals surface area contributed by atoms with Crippen molar-refractivity contribution < 1.29 is 14.4 Å². The quantitative estimate of drug-likeness (QED) is 0.860. The fraction of sp³-hybridized carbons (Fsp3) is 0.800. The van der Waals surface area contributed by atoms with Crippen LogP contribution in [0.15, 0.2) is 0 Å². The van der Waals surface area contributed by atoms with Crippen LogP contribution in [0.2, 0.25) is 0 Å². The van der Waals surface area contributed by atoms with Gasteiger partial charge in [-0.3, -0.25) is 4.68 Å². The largest absolute Gasteiger partial charge is 0.498 e. The van der Waals surface area contributed by atoms with Crippen LogP contribution in [-0.4, -0.2) is 38.8 Å². The minimum absolute atomic E-state index is 0.366. The van der Waals surface area contributed by atoms with Crippen molar-refractivity contribution in [3.05, 3.63) is 11.4 Å². The van der Waals surface area contributed by atoms with Crippen LogP contribution in [0.3, 0.4) is 0 Å². The highest BCUT2D eigenvalue weighted by atomic mass is 16.7. The normalized spacial score (nSPS) is 21.1. The number of aromatic nitrogens is 2. The van der Waals surface area contributed by atoms with Gasteiger partial charge in [-0.05, 0) is 55.4 Å². The molecule has 0 saturated carbocycles. The Morgan fingerprint density at radius 2 is 1.62 bits per heavy atom. The fourth-order valence-electron chi connectivity index (χ4n) is 2.53. The van der Waals surface area contributed by atoms with Crippen molar-refractivity contribution in [1.29, 1.82) is 0 Å². The zero-order valence-electron chi connectivity index (χ0n) is 14.4. The second-order valence-corrected chi connectivity index (χ2v) is 7.64. The van der Waals surface area contributed by atoms with Gasteiger partial charge in [0.2, 0.25) is 0 Å². The van der Waals surface area contributed by atoms with Crippen molar-refractivity contribution in [3.8, 4) is 0 Å². The molecule has 1 aromatic rings. The molecule has 0 aliphatic carbocycles. The molecule has 0 radical (unpaired) electrons. The Hall–Kier alpha value is -0.845. The third-order valence-corrected chi connectivity index (χ3v) is 4.46. The topological polar surface area (TPSA) is 56.5 Å². The lowest BCUT2D eigenvalue weighted by Crippen LogP contribution is -2.41. The Balaban J connectivity index is 2.35. The van der Waals surface area contributed by atoms with E-state index in [2.05, 4.69) is 5.10 Å². The van der Waals surface area contributed by atoms with Gasteiger partial charge in [0, 0.05) is 11.2 Å². The van der Waals surface area contributed by atoms with Gasteiger partial charge in [-0.25, -0.2) is 0 Å². The monoisotopic (exact) mass is 294 g/mol. The summed E-state index contributed by atoms with van der Waals surface area (Å²) in [6.07, 6.45) is 0. The van der Waals surface area contributed by atoms with Gasteiger partial charge >= 0.3 is 7.12 Å². The molecule has 1 aromatic heterocycles. The molecule has 1 aliphatic heterocycles. The summed E-state index contributed by atoms with van der Waals surface area (Å²) in [4.78, 5) is 0. The first-order valence-corrected chi connectivity index (χ1v) is 7.46. The van der Waals surface area contributed by atoms with Gasteiger partial charge in [0.05, 0.1) is 29.0 Å². The summed E-state index contributed by atoms with van der Waals surface area (Å²) in [5, 5.41) is 14.5. The number of hydrogen-bond donors (Lipinski definition) is 1. The molecule has 1 N–H and O–H groups in total. The number of aliphatic hydroxyl groups is 1. The summed E-state index contributed by atoms with van der Waals surface area (Å²) in [6.45, 7) is 16.1. The van der Waals surface area contributed by atoms with Crippen molar-refractivity contribution in [2.45, 2.75) is 78.7 Å². The smallest absolute Gasteiger partial charge is 0.399 e. The minimum Gasteiger partial charge on any atom is -0.399 e. The van der Waals surface area contributed by atoms with Gasteiger partial charge in [0.1, 0.15) is 0 Å². The molecular formula is C15H27BN2O3. The summed E-state index contributed by atoms with van der Waals surface area (Å²) in [5.74, 6) is 0. The molecule has 1 aliphatic rings. The molecule has 0 bridgehead atoms. The maximum atomic E-state index is 10.0. The summed E-state index contributed by atoms with van der Waals surface area (Å²) in [6, 6.07) is 0. The van der Waals surface area contributed by atoms with E-state index in [1.165, 1.54) is 0 Å². The second kappa shape index (κ2) is 4.83. The first-order valence-electron chi connectivity index (χ1n) is 7.46. The Morgan fingerprint density at radius 3 is 2.05 bits per heavy atom. The van der Waals surface area contributed by atoms with E-state index in [0.29, 0.717) is 6.54 Å². The van der Waals surface area contributed by atoms with Gasteiger partial charge in [-0.15, -0.1) is 0 Å². The van der Waals surface area contributed by atoms with Crippen LogP contribution in [0.5, 0.6) is 0 Å². The van der Waals surface area contributed by atoms with Crippen molar-refractivity contribution in [1.82, 2.24) is 9.78 Å². The van der Waals surface area contributed by atoms with Crippen LogP contribution in [-0.2, 0) is 15.9 Å². The summed E-state index contributed by atoms with van der Waals surface area (Å²) >= 11 is 0. The predicted molar refractivity (Wildman–Crippen MR) is 83.7 cm³/mol. The summed E-state index contributed by atoms with van der Waals surface area (Å²) in [7, 11) is -0.412. The average molecular weight is 294 g/mol. The maximum Gasteiger partial charge on any atom is 0.498 e. The standard InChI is InChI=1S/C15H27BN2O3/c1-10-12(11(2)18(17-10)9-13(3,4)19)16-20-14(5,6)15(7,8)21-16/h19H,9H2,1-8H3. The Labute approximate surface area is 127 Å². The number of aryl methyl sites for hydroxylation is 1. The fourth-order valence-corrected chi connectivity index (χ4v) is 2.53. The Morgan fingerprint density at radius 1 is 1.14 bits per heavy atom. The van der Waals surface area contributed by atoms with Gasteiger partial charge < -0.3 is 14.4 Å². The number of hydrogen-bond acceptors (Lipinski definition) is 4. The van der Waals surface area contributed by atoms with Crippen molar-refractivity contribution in [2.24, 2.45) is 0 Å². The van der Waals surface area contributed by atoms with Crippen LogP contribution < -0.4 is 5.46 Å². The van der Waals surface area contributed by atoms with Crippen LogP contribution >= 0.6 is 0 Å². The predicted octanol–water partition coefficient (Wildman–Crippen LogP) is 1.57.